The van der Waals surface area contributed by atoms with Crippen LogP contribution in [0, 0.1) is 0 Å². The number of nitrogens with one attached hydrogen (secondary N) is 1. The van der Waals surface area contributed by atoms with Crippen LogP contribution in [0.1, 0.15) is 19.9 Å². The summed E-state index contributed by atoms with van der Waals surface area (Å²) in [5.41, 5.74) is 5.95. The number of sulfonamides is 1. The van der Waals surface area contributed by atoms with Crippen LogP contribution in [0.4, 0.5) is 11.5 Å². The molecule has 0 fully saturated rings. The number of aryl methyl sites for hydroxylation is 1. The quantitative estimate of drug-likeness (QED) is 0.853. The second-order valence-corrected chi connectivity index (χ2v) is 6.11. The first-order valence-electron chi connectivity index (χ1n) is 5.65. The fourth-order valence-corrected chi connectivity index (χ4v) is 2.71. The van der Waals surface area contributed by atoms with Crippen LogP contribution in [0.3, 0.4) is 0 Å². The molecule has 0 aliphatic rings. The molecule has 0 aliphatic carbocycles. The zero-order chi connectivity index (χ0) is 14.2. The SMILES string of the molecule is CC(C)n1cc(NS(=O)(=O)c2cn(C)nc2N)cn1. The number of hydrogen-bond donors (Lipinski definition) is 2. The van der Waals surface area contributed by atoms with Crippen LogP contribution in [0.2, 0.25) is 0 Å². The molecule has 0 unspecified atom stereocenters. The number of rotatable bonds is 4. The molecule has 2 heterocycles. The molecule has 0 aromatic carbocycles. The van der Waals surface area contributed by atoms with E-state index in [0.717, 1.165) is 0 Å². The van der Waals surface area contributed by atoms with Crippen LogP contribution in [-0.2, 0) is 17.1 Å². The van der Waals surface area contributed by atoms with Crippen molar-refractivity contribution in [3.05, 3.63) is 18.6 Å². The Bertz CT molecular complexity index is 685. The summed E-state index contributed by atoms with van der Waals surface area (Å²) in [6.45, 7) is 3.90. The molecule has 2 aromatic rings. The zero-order valence-corrected chi connectivity index (χ0v) is 11.7. The van der Waals surface area contributed by atoms with Crippen LogP contribution in [0.15, 0.2) is 23.5 Å². The van der Waals surface area contributed by atoms with E-state index in [9.17, 15) is 8.42 Å². The lowest BCUT2D eigenvalue weighted by atomic mass is 10.4. The standard InChI is InChI=1S/C10H16N6O2S/c1-7(2)16-5-8(4-12-16)14-19(17,18)9-6-15(3)13-10(9)11/h4-7,14H,1-3H3,(H2,11,13). The fraction of sp³-hybridized carbons (Fsp3) is 0.400. The second-order valence-electron chi connectivity index (χ2n) is 4.46. The van der Waals surface area contributed by atoms with Gasteiger partial charge >= 0.3 is 0 Å². The maximum absolute atomic E-state index is 12.1. The second kappa shape index (κ2) is 4.57. The summed E-state index contributed by atoms with van der Waals surface area (Å²) in [5, 5.41) is 7.87. The summed E-state index contributed by atoms with van der Waals surface area (Å²) in [7, 11) is -2.14. The number of nitrogens with two attached hydrogens (primary N) is 1. The molecule has 0 bridgehead atoms. The third kappa shape index (κ3) is 2.70. The Hall–Kier alpha value is -2.03. The van der Waals surface area contributed by atoms with E-state index in [4.69, 9.17) is 5.73 Å². The van der Waals surface area contributed by atoms with Crippen molar-refractivity contribution in [2.24, 2.45) is 7.05 Å². The molecule has 0 saturated carbocycles. The molecule has 0 spiro atoms. The van der Waals surface area contributed by atoms with Crippen molar-refractivity contribution in [3.63, 3.8) is 0 Å². The van der Waals surface area contributed by atoms with Gasteiger partial charge in [0, 0.05) is 25.5 Å². The van der Waals surface area contributed by atoms with E-state index in [1.165, 1.54) is 17.1 Å². The maximum atomic E-state index is 12.1. The normalized spacial score (nSPS) is 12.0. The average Bonchev–Trinajstić information content (AvgIpc) is 2.85. The number of nitrogens with zero attached hydrogens (tertiary/aromatic N) is 4. The highest BCUT2D eigenvalue weighted by Crippen LogP contribution is 2.20. The van der Waals surface area contributed by atoms with Gasteiger partial charge in [0.2, 0.25) is 0 Å². The van der Waals surface area contributed by atoms with Gasteiger partial charge in [0.15, 0.2) is 5.82 Å². The third-order valence-electron chi connectivity index (χ3n) is 2.49. The molecular formula is C10H16N6O2S. The largest absolute Gasteiger partial charge is 0.381 e. The predicted octanol–water partition coefficient (Wildman–Crippen LogP) is 0.580. The van der Waals surface area contributed by atoms with Crippen molar-refractivity contribution in [2.45, 2.75) is 24.8 Å². The summed E-state index contributed by atoms with van der Waals surface area (Å²) in [4.78, 5) is -0.0488. The number of anilines is 2. The van der Waals surface area contributed by atoms with Gasteiger partial charge in [-0.3, -0.25) is 14.1 Å². The molecule has 0 aliphatic heterocycles. The maximum Gasteiger partial charge on any atom is 0.267 e. The van der Waals surface area contributed by atoms with Gasteiger partial charge in [-0.2, -0.15) is 10.2 Å². The summed E-state index contributed by atoms with van der Waals surface area (Å²) in [6, 6.07) is 0.154. The van der Waals surface area contributed by atoms with Crippen molar-refractivity contribution >= 4 is 21.5 Å². The molecular weight excluding hydrogens is 268 g/mol. The molecule has 0 radical (unpaired) electrons. The molecule has 2 aromatic heterocycles. The van der Waals surface area contributed by atoms with Gasteiger partial charge in [-0.15, -0.1) is 0 Å². The Balaban J connectivity index is 2.28. The fourth-order valence-electron chi connectivity index (χ4n) is 1.57. The first-order valence-corrected chi connectivity index (χ1v) is 7.14. The van der Waals surface area contributed by atoms with Gasteiger partial charge < -0.3 is 5.73 Å². The smallest absolute Gasteiger partial charge is 0.267 e. The zero-order valence-electron chi connectivity index (χ0n) is 10.9. The van der Waals surface area contributed by atoms with Crippen LogP contribution < -0.4 is 10.5 Å². The van der Waals surface area contributed by atoms with E-state index in [1.54, 1.807) is 17.9 Å². The Kier molecular flexibility index (Phi) is 3.23. The lowest BCUT2D eigenvalue weighted by Gasteiger charge is -2.05. The number of hydrogen-bond acceptors (Lipinski definition) is 5. The van der Waals surface area contributed by atoms with Crippen molar-refractivity contribution in [2.75, 3.05) is 10.5 Å². The molecule has 104 valence electrons. The summed E-state index contributed by atoms with van der Waals surface area (Å²) in [5.74, 6) is -0.0359. The Morgan fingerprint density at radius 2 is 2.05 bits per heavy atom. The molecule has 3 N–H and O–H groups in total. The lowest BCUT2D eigenvalue weighted by molar-refractivity contribution is 0.532. The highest BCUT2D eigenvalue weighted by molar-refractivity contribution is 7.92. The van der Waals surface area contributed by atoms with Crippen LogP contribution >= 0.6 is 0 Å². The van der Waals surface area contributed by atoms with Crippen molar-refractivity contribution < 1.29 is 8.42 Å². The first-order chi connectivity index (χ1) is 8.79. The van der Waals surface area contributed by atoms with E-state index in [1.807, 2.05) is 13.8 Å². The molecule has 0 amide bonds. The Morgan fingerprint density at radius 1 is 1.37 bits per heavy atom. The van der Waals surface area contributed by atoms with Gasteiger partial charge in [-0.25, -0.2) is 8.42 Å². The molecule has 0 atom stereocenters. The highest BCUT2D eigenvalue weighted by Gasteiger charge is 2.21. The van der Waals surface area contributed by atoms with Gasteiger partial charge in [-0.1, -0.05) is 0 Å². The Labute approximate surface area is 111 Å². The van der Waals surface area contributed by atoms with E-state index in [-0.39, 0.29) is 16.8 Å². The minimum absolute atomic E-state index is 0.0359. The molecule has 19 heavy (non-hydrogen) atoms. The molecule has 2 rings (SSSR count). The first kappa shape index (κ1) is 13.4. The summed E-state index contributed by atoms with van der Waals surface area (Å²) < 4.78 is 29.7. The van der Waals surface area contributed by atoms with E-state index < -0.39 is 10.0 Å². The number of nitrogen functional groups attached to an aromatic ring is 1. The summed E-state index contributed by atoms with van der Waals surface area (Å²) in [6.07, 6.45) is 4.42. The monoisotopic (exact) mass is 284 g/mol. The molecule has 8 nitrogen and oxygen atoms in total. The van der Waals surface area contributed by atoms with Gasteiger partial charge in [-0.05, 0) is 13.8 Å². The molecule has 9 heteroatoms. The molecule has 0 saturated heterocycles. The van der Waals surface area contributed by atoms with Gasteiger partial charge in [0.25, 0.3) is 10.0 Å². The van der Waals surface area contributed by atoms with E-state index >= 15 is 0 Å². The van der Waals surface area contributed by atoms with E-state index in [0.29, 0.717) is 5.69 Å². The van der Waals surface area contributed by atoms with Crippen molar-refractivity contribution in [1.29, 1.82) is 0 Å². The lowest BCUT2D eigenvalue weighted by Crippen LogP contribution is -2.13. The van der Waals surface area contributed by atoms with Crippen molar-refractivity contribution in [3.8, 4) is 0 Å². The van der Waals surface area contributed by atoms with Crippen molar-refractivity contribution in [1.82, 2.24) is 19.6 Å². The third-order valence-corrected chi connectivity index (χ3v) is 3.89. The van der Waals surface area contributed by atoms with E-state index in [2.05, 4.69) is 14.9 Å². The van der Waals surface area contributed by atoms with Crippen LogP contribution in [0.25, 0.3) is 0 Å². The minimum atomic E-state index is -3.75. The van der Waals surface area contributed by atoms with Gasteiger partial charge in [0.05, 0.1) is 11.9 Å². The summed E-state index contributed by atoms with van der Waals surface area (Å²) >= 11 is 0. The topological polar surface area (TPSA) is 108 Å². The number of aromatic nitrogens is 4. The average molecular weight is 284 g/mol. The predicted molar refractivity (Wildman–Crippen MR) is 71.0 cm³/mol. The highest BCUT2D eigenvalue weighted by atomic mass is 32.2. The van der Waals surface area contributed by atoms with Gasteiger partial charge in [0.1, 0.15) is 4.90 Å². The minimum Gasteiger partial charge on any atom is -0.381 e. The Morgan fingerprint density at radius 3 is 2.53 bits per heavy atom. The van der Waals surface area contributed by atoms with Crippen LogP contribution in [0.5, 0.6) is 0 Å². The van der Waals surface area contributed by atoms with Crippen LogP contribution in [-0.4, -0.2) is 28.0 Å².